The molecule has 0 unspecified atom stereocenters. The zero-order valence-electron chi connectivity index (χ0n) is 15.0. The van der Waals surface area contributed by atoms with Crippen molar-refractivity contribution in [2.75, 3.05) is 6.54 Å². The van der Waals surface area contributed by atoms with Crippen molar-refractivity contribution in [1.29, 1.82) is 0 Å². The number of guanidine groups is 1. The Morgan fingerprint density at radius 3 is 2.67 bits per heavy atom. The fraction of sp³-hybridized carbons (Fsp3) is 0.278. The first-order valence-corrected chi connectivity index (χ1v) is 9.55. The van der Waals surface area contributed by atoms with E-state index in [0.717, 1.165) is 18.7 Å². The van der Waals surface area contributed by atoms with Gasteiger partial charge in [0.2, 0.25) is 11.7 Å². The van der Waals surface area contributed by atoms with Crippen molar-refractivity contribution in [3.8, 4) is 11.4 Å². The van der Waals surface area contributed by atoms with Crippen LogP contribution in [0.4, 0.5) is 0 Å². The lowest BCUT2D eigenvalue weighted by molar-refractivity contribution is 0.380. The van der Waals surface area contributed by atoms with Crippen LogP contribution in [0.1, 0.15) is 23.3 Å². The Morgan fingerprint density at radius 2 is 2.00 bits per heavy atom. The predicted molar refractivity (Wildman–Crippen MR) is 121 cm³/mol. The molecular weight excluding hydrogens is 497 g/mol. The van der Waals surface area contributed by atoms with Crippen molar-refractivity contribution in [2.45, 2.75) is 26.9 Å². The summed E-state index contributed by atoms with van der Waals surface area (Å²) < 4.78 is 5.29. The summed E-state index contributed by atoms with van der Waals surface area (Å²) in [6.07, 6.45) is 0. The maximum absolute atomic E-state index is 5.90. The van der Waals surface area contributed by atoms with E-state index in [-0.39, 0.29) is 24.0 Å². The summed E-state index contributed by atoms with van der Waals surface area (Å²) in [5.41, 5.74) is 2.13. The summed E-state index contributed by atoms with van der Waals surface area (Å²) in [6.45, 7) is 5.94. The average molecular weight is 518 g/mol. The van der Waals surface area contributed by atoms with Crippen LogP contribution in [0.5, 0.6) is 0 Å². The van der Waals surface area contributed by atoms with Gasteiger partial charge in [0.1, 0.15) is 6.54 Å². The van der Waals surface area contributed by atoms with E-state index in [1.807, 2.05) is 19.1 Å². The second kappa shape index (κ2) is 10.6. The third-order valence-corrected chi connectivity index (χ3v) is 4.95. The van der Waals surface area contributed by atoms with E-state index in [9.17, 15) is 0 Å². The van der Waals surface area contributed by atoms with Gasteiger partial charge in [-0.2, -0.15) is 4.98 Å². The van der Waals surface area contributed by atoms with Crippen LogP contribution in [0.25, 0.3) is 11.4 Å². The fourth-order valence-corrected chi connectivity index (χ4v) is 3.24. The van der Waals surface area contributed by atoms with Gasteiger partial charge in [0.15, 0.2) is 5.96 Å². The minimum Gasteiger partial charge on any atom is -0.357 e. The van der Waals surface area contributed by atoms with E-state index < -0.39 is 0 Å². The van der Waals surface area contributed by atoms with Crippen molar-refractivity contribution in [2.24, 2.45) is 4.99 Å². The maximum Gasteiger partial charge on any atom is 0.248 e. The van der Waals surface area contributed by atoms with Gasteiger partial charge in [0.05, 0.1) is 6.54 Å². The highest BCUT2D eigenvalue weighted by Gasteiger charge is 2.09. The number of nitrogens with zero attached hydrogens (tertiary/aromatic N) is 3. The molecule has 2 N–H and O–H groups in total. The number of benzene rings is 1. The number of hydrogen-bond acceptors (Lipinski definition) is 5. The molecule has 0 amide bonds. The monoisotopic (exact) mass is 517 g/mol. The molecule has 3 aromatic rings. The maximum atomic E-state index is 5.90. The summed E-state index contributed by atoms with van der Waals surface area (Å²) in [7, 11) is 0. The molecule has 0 radical (unpaired) electrons. The molecule has 0 aliphatic heterocycles. The normalized spacial score (nSPS) is 11.1. The van der Waals surface area contributed by atoms with Crippen LogP contribution in [0.3, 0.4) is 0 Å². The molecule has 0 spiro atoms. The van der Waals surface area contributed by atoms with Gasteiger partial charge >= 0.3 is 0 Å². The van der Waals surface area contributed by atoms with Crippen LogP contribution < -0.4 is 10.6 Å². The lowest BCUT2D eigenvalue weighted by Crippen LogP contribution is -2.36. The number of aromatic nitrogens is 2. The van der Waals surface area contributed by atoms with Crippen molar-refractivity contribution in [3.05, 3.63) is 57.1 Å². The van der Waals surface area contributed by atoms with Crippen LogP contribution in [-0.2, 0) is 13.1 Å². The molecule has 0 atom stereocenters. The Kier molecular flexibility index (Phi) is 8.52. The molecule has 27 heavy (non-hydrogen) atoms. The van der Waals surface area contributed by atoms with Gasteiger partial charge in [0, 0.05) is 22.0 Å². The topological polar surface area (TPSA) is 75.3 Å². The van der Waals surface area contributed by atoms with Gasteiger partial charge in [-0.1, -0.05) is 16.8 Å². The van der Waals surface area contributed by atoms with Crippen molar-refractivity contribution in [3.63, 3.8) is 0 Å². The third kappa shape index (κ3) is 6.18. The van der Waals surface area contributed by atoms with Gasteiger partial charge in [0.25, 0.3) is 0 Å². The Morgan fingerprint density at radius 1 is 1.22 bits per heavy atom. The molecule has 3 rings (SSSR count). The van der Waals surface area contributed by atoms with E-state index in [1.54, 1.807) is 23.5 Å². The molecule has 0 bridgehead atoms. The van der Waals surface area contributed by atoms with Crippen LogP contribution in [-0.4, -0.2) is 22.6 Å². The zero-order valence-corrected chi connectivity index (χ0v) is 18.9. The molecule has 0 fully saturated rings. The first-order chi connectivity index (χ1) is 12.7. The van der Waals surface area contributed by atoms with Gasteiger partial charge in [-0.25, -0.2) is 4.99 Å². The summed E-state index contributed by atoms with van der Waals surface area (Å²) >= 11 is 7.63. The molecule has 9 heteroatoms. The van der Waals surface area contributed by atoms with Crippen LogP contribution in [0.2, 0.25) is 5.02 Å². The highest BCUT2D eigenvalue weighted by Crippen LogP contribution is 2.19. The van der Waals surface area contributed by atoms with Crippen LogP contribution in [0, 0.1) is 6.92 Å². The predicted octanol–water partition coefficient (Wildman–Crippen LogP) is 4.63. The van der Waals surface area contributed by atoms with Crippen LogP contribution >= 0.6 is 46.9 Å². The van der Waals surface area contributed by atoms with E-state index >= 15 is 0 Å². The van der Waals surface area contributed by atoms with Gasteiger partial charge in [-0.15, -0.1) is 35.3 Å². The molecule has 0 saturated heterocycles. The summed E-state index contributed by atoms with van der Waals surface area (Å²) in [6, 6.07) is 9.42. The van der Waals surface area contributed by atoms with Gasteiger partial charge in [-0.3, -0.25) is 0 Å². The molecule has 144 valence electrons. The zero-order chi connectivity index (χ0) is 18.4. The average Bonchev–Trinajstić information content (AvgIpc) is 3.27. The van der Waals surface area contributed by atoms with Crippen LogP contribution in [0.15, 0.2) is 45.2 Å². The molecule has 6 nitrogen and oxygen atoms in total. The summed E-state index contributed by atoms with van der Waals surface area (Å²) in [5, 5.41) is 13.3. The molecule has 0 aliphatic carbocycles. The number of halogens is 2. The second-order valence-electron chi connectivity index (χ2n) is 5.59. The number of hydrogen-bond donors (Lipinski definition) is 2. The SMILES string of the molecule is CCNC(=NCc1nc(-c2ccc(Cl)cc2)no1)NCc1sccc1C.I. The molecule has 2 aromatic heterocycles. The summed E-state index contributed by atoms with van der Waals surface area (Å²) in [5.74, 6) is 1.70. The Bertz CT molecular complexity index is 878. The van der Waals surface area contributed by atoms with E-state index in [4.69, 9.17) is 16.1 Å². The molecule has 2 heterocycles. The quantitative estimate of drug-likeness (QED) is 0.283. The molecular formula is C18H21ClIN5OS. The summed E-state index contributed by atoms with van der Waals surface area (Å²) in [4.78, 5) is 10.2. The second-order valence-corrected chi connectivity index (χ2v) is 7.03. The molecule has 0 saturated carbocycles. The number of rotatable bonds is 6. The van der Waals surface area contributed by atoms with Crippen molar-refractivity contribution < 1.29 is 4.52 Å². The Balaban J connectivity index is 0.00000261. The number of thiophene rings is 1. The van der Waals surface area contributed by atoms with Gasteiger partial charge in [-0.05, 0) is 55.1 Å². The van der Waals surface area contributed by atoms with E-state index in [1.165, 1.54) is 10.4 Å². The Hall–Kier alpha value is -1.65. The Labute approximate surface area is 184 Å². The molecule has 1 aromatic carbocycles. The lowest BCUT2D eigenvalue weighted by Gasteiger charge is -2.10. The standard InChI is InChI=1S/C18H20ClN5OS.HI/c1-3-20-18(21-10-15-12(2)8-9-26-15)22-11-16-23-17(24-25-16)13-4-6-14(19)7-5-13;/h4-9H,3,10-11H2,1-2H3,(H2,20,21,22);1H. The number of aryl methyl sites for hydroxylation is 1. The first-order valence-electron chi connectivity index (χ1n) is 8.29. The third-order valence-electron chi connectivity index (χ3n) is 3.67. The largest absolute Gasteiger partial charge is 0.357 e. The molecule has 0 aliphatic rings. The first kappa shape index (κ1) is 21.6. The van der Waals surface area contributed by atoms with E-state index in [2.05, 4.69) is 44.1 Å². The van der Waals surface area contributed by atoms with Crippen molar-refractivity contribution in [1.82, 2.24) is 20.8 Å². The number of aliphatic imine (C=N–C) groups is 1. The highest BCUT2D eigenvalue weighted by molar-refractivity contribution is 14.0. The highest BCUT2D eigenvalue weighted by atomic mass is 127. The van der Waals surface area contributed by atoms with E-state index in [0.29, 0.717) is 29.2 Å². The minimum atomic E-state index is 0. The fourth-order valence-electron chi connectivity index (χ4n) is 2.27. The lowest BCUT2D eigenvalue weighted by atomic mass is 10.2. The smallest absolute Gasteiger partial charge is 0.248 e. The van der Waals surface area contributed by atoms with Gasteiger partial charge < -0.3 is 15.2 Å². The van der Waals surface area contributed by atoms with Crippen molar-refractivity contribution >= 4 is 52.9 Å². The minimum absolute atomic E-state index is 0. The number of nitrogens with one attached hydrogen (secondary N) is 2.